The Balaban J connectivity index is 2.00. The fraction of sp³-hybridized carbons (Fsp3) is 0.273. The minimum atomic E-state index is -0.352. The van der Waals surface area contributed by atoms with Crippen LogP contribution in [0.1, 0.15) is 36.6 Å². The van der Waals surface area contributed by atoms with Gasteiger partial charge in [0, 0.05) is 36.1 Å². The van der Waals surface area contributed by atoms with E-state index < -0.39 is 0 Å². The summed E-state index contributed by atoms with van der Waals surface area (Å²) in [4.78, 5) is 10.6. The van der Waals surface area contributed by atoms with E-state index in [2.05, 4.69) is 48.9 Å². The number of rotatable bonds is 7. The van der Waals surface area contributed by atoms with Crippen molar-refractivity contribution < 1.29 is 4.92 Å². The van der Waals surface area contributed by atoms with Gasteiger partial charge in [-0.25, -0.2) is 0 Å². The van der Waals surface area contributed by atoms with E-state index in [0.29, 0.717) is 0 Å². The lowest BCUT2D eigenvalue weighted by Crippen LogP contribution is -2.00. The van der Waals surface area contributed by atoms with Gasteiger partial charge in [0.05, 0.1) is 4.92 Å². The molecule has 0 spiro atoms. The molecule has 0 N–H and O–H groups in total. The predicted octanol–water partition coefficient (Wildman–Crippen LogP) is 5.76. The molecule has 0 atom stereocenters. The van der Waals surface area contributed by atoms with Gasteiger partial charge in [0.25, 0.3) is 5.69 Å². The first kappa shape index (κ1) is 17.9. The second-order valence-corrected chi connectivity index (χ2v) is 6.64. The Morgan fingerprint density at radius 1 is 1.04 bits per heavy atom. The van der Waals surface area contributed by atoms with Crippen LogP contribution in [-0.4, -0.2) is 9.49 Å². The third-order valence-corrected chi connectivity index (χ3v) is 4.79. The highest BCUT2D eigenvalue weighted by Crippen LogP contribution is 2.32. The van der Waals surface area contributed by atoms with E-state index in [0.717, 1.165) is 31.4 Å². The van der Waals surface area contributed by atoms with E-state index in [-0.39, 0.29) is 10.6 Å². The van der Waals surface area contributed by atoms with Gasteiger partial charge in [-0.1, -0.05) is 43.7 Å². The van der Waals surface area contributed by atoms with Gasteiger partial charge in [-0.15, -0.1) is 0 Å². The summed E-state index contributed by atoms with van der Waals surface area (Å²) in [6.07, 6.45) is 5.54. The Labute approximate surface area is 154 Å². The fourth-order valence-electron chi connectivity index (χ4n) is 3.37. The number of nitro benzene ring substituents is 1. The molecule has 4 nitrogen and oxygen atoms in total. The smallest absolute Gasteiger partial charge is 0.269 e. The lowest BCUT2D eigenvalue weighted by Gasteiger charge is -2.08. The largest absolute Gasteiger partial charge is 0.346 e. The number of aromatic nitrogens is 1. The first-order chi connectivity index (χ1) is 12.6. The molecule has 1 aromatic heterocycles. The van der Waals surface area contributed by atoms with Crippen molar-refractivity contribution in [3.8, 4) is 11.1 Å². The van der Waals surface area contributed by atoms with Gasteiger partial charge in [0.1, 0.15) is 0 Å². The van der Waals surface area contributed by atoms with Crippen molar-refractivity contribution in [2.24, 2.45) is 0 Å². The van der Waals surface area contributed by atoms with E-state index in [9.17, 15) is 10.1 Å². The second kappa shape index (κ2) is 8.00. The van der Waals surface area contributed by atoms with E-state index in [1.54, 1.807) is 12.1 Å². The summed E-state index contributed by atoms with van der Waals surface area (Å²) >= 11 is 0. The van der Waals surface area contributed by atoms with Gasteiger partial charge >= 0.3 is 0 Å². The molecule has 0 amide bonds. The van der Waals surface area contributed by atoms with Crippen LogP contribution < -0.4 is 0 Å². The van der Waals surface area contributed by atoms with Gasteiger partial charge in [0.15, 0.2) is 0 Å². The number of unbranched alkanes of at least 4 members (excludes halogenated alkanes) is 1. The van der Waals surface area contributed by atoms with Gasteiger partial charge in [0.2, 0.25) is 0 Å². The predicted molar refractivity (Wildman–Crippen MR) is 105 cm³/mol. The number of nitrogens with zero attached hydrogens (tertiary/aromatic N) is 2. The van der Waals surface area contributed by atoms with Crippen LogP contribution in [0.15, 0.2) is 60.8 Å². The number of hydrogen-bond acceptors (Lipinski definition) is 2. The van der Waals surface area contributed by atoms with E-state index in [1.807, 2.05) is 18.2 Å². The van der Waals surface area contributed by atoms with Gasteiger partial charge in [-0.05, 0) is 48.6 Å². The third kappa shape index (κ3) is 3.85. The topological polar surface area (TPSA) is 48.1 Å². The highest BCUT2D eigenvalue weighted by molar-refractivity contribution is 5.71. The summed E-state index contributed by atoms with van der Waals surface area (Å²) in [6.45, 7) is 5.16. The summed E-state index contributed by atoms with van der Waals surface area (Å²) in [6, 6.07) is 17.3. The first-order valence-corrected chi connectivity index (χ1v) is 9.07. The molecule has 1 heterocycles. The van der Waals surface area contributed by atoms with E-state index in [4.69, 9.17) is 0 Å². The van der Waals surface area contributed by atoms with Crippen molar-refractivity contribution in [1.29, 1.82) is 0 Å². The number of nitro groups is 1. The van der Waals surface area contributed by atoms with E-state index in [1.165, 1.54) is 22.4 Å². The van der Waals surface area contributed by atoms with Crippen LogP contribution in [0.5, 0.6) is 0 Å². The summed E-state index contributed by atoms with van der Waals surface area (Å²) in [5, 5.41) is 10.9. The molecule has 134 valence electrons. The van der Waals surface area contributed by atoms with Gasteiger partial charge in [-0.2, -0.15) is 0 Å². The molecule has 0 radical (unpaired) electrons. The summed E-state index contributed by atoms with van der Waals surface area (Å²) < 4.78 is 2.29. The molecular weight excluding hydrogens is 324 g/mol. The summed E-state index contributed by atoms with van der Waals surface area (Å²) in [7, 11) is 0. The molecule has 0 bridgehead atoms. The Morgan fingerprint density at radius 3 is 2.35 bits per heavy atom. The number of hydrogen-bond donors (Lipinski definition) is 0. The number of non-ortho nitro benzene ring substituents is 1. The molecule has 4 heteroatoms. The number of benzene rings is 2. The maximum Gasteiger partial charge on any atom is 0.269 e. The Bertz CT molecular complexity index is 881. The van der Waals surface area contributed by atoms with Crippen LogP contribution in [-0.2, 0) is 13.0 Å². The molecule has 0 saturated carbocycles. The zero-order valence-electron chi connectivity index (χ0n) is 15.3. The average Bonchev–Trinajstić information content (AvgIpc) is 2.96. The highest BCUT2D eigenvalue weighted by Gasteiger charge is 2.15. The third-order valence-electron chi connectivity index (χ3n) is 4.79. The van der Waals surface area contributed by atoms with Crippen molar-refractivity contribution >= 4 is 5.69 Å². The summed E-state index contributed by atoms with van der Waals surface area (Å²) in [5.41, 5.74) is 6.17. The standard InChI is InChI=1S/C22H24N2O2/c1-3-4-10-20-16-23(15-18-8-6-5-7-9-18)17(2)22(20)19-11-13-21(14-12-19)24(25)26/h5-9,11-14,16H,3-4,10,15H2,1-2H3. The molecule has 0 fully saturated rings. The van der Waals surface area contributed by atoms with Crippen LogP contribution in [0.3, 0.4) is 0 Å². The van der Waals surface area contributed by atoms with Crippen LogP contribution in [0.4, 0.5) is 5.69 Å². The molecule has 0 aliphatic carbocycles. The molecule has 0 aliphatic heterocycles. The van der Waals surface area contributed by atoms with Crippen LogP contribution >= 0.6 is 0 Å². The van der Waals surface area contributed by atoms with Crippen molar-refractivity contribution in [3.05, 3.63) is 87.7 Å². The van der Waals surface area contributed by atoms with Crippen LogP contribution in [0.2, 0.25) is 0 Å². The SMILES string of the molecule is CCCCc1cn(Cc2ccccc2)c(C)c1-c1ccc([N+](=O)[O-])cc1. The van der Waals surface area contributed by atoms with Gasteiger partial charge in [-0.3, -0.25) is 10.1 Å². The highest BCUT2D eigenvalue weighted by atomic mass is 16.6. The molecule has 0 saturated heterocycles. The maximum atomic E-state index is 10.9. The first-order valence-electron chi connectivity index (χ1n) is 9.07. The van der Waals surface area contributed by atoms with E-state index >= 15 is 0 Å². The molecule has 26 heavy (non-hydrogen) atoms. The second-order valence-electron chi connectivity index (χ2n) is 6.64. The zero-order valence-corrected chi connectivity index (χ0v) is 15.3. The minimum absolute atomic E-state index is 0.130. The Morgan fingerprint density at radius 2 is 1.73 bits per heavy atom. The number of aryl methyl sites for hydroxylation is 1. The average molecular weight is 348 g/mol. The lowest BCUT2D eigenvalue weighted by atomic mass is 9.98. The lowest BCUT2D eigenvalue weighted by molar-refractivity contribution is -0.384. The van der Waals surface area contributed by atoms with Crippen molar-refractivity contribution in [3.63, 3.8) is 0 Å². The van der Waals surface area contributed by atoms with Gasteiger partial charge < -0.3 is 4.57 Å². The molecule has 0 aliphatic rings. The molecule has 2 aromatic carbocycles. The zero-order chi connectivity index (χ0) is 18.5. The molecule has 3 rings (SSSR count). The maximum absolute atomic E-state index is 10.9. The van der Waals surface area contributed by atoms with Crippen molar-refractivity contribution in [2.75, 3.05) is 0 Å². The molecule has 0 unspecified atom stereocenters. The minimum Gasteiger partial charge on any atom is -0.346 e. The molecular formula is C22H24N2O2. The fourth-order valence-corrected chi connectivity index (χ4v) is 3.37. The quantitative estimate of drug-likeness (QED) is 0.402. The summed E-state index contributed by atoms with van der Waals surface area (Å²) in [5.74, 6) is 0. The Hall–Kier alpha value is -2.88. The van der Waals surface area contributed by atoms with Crippen LogP contribution in [0.25, 0.3) is 11.1 Å². The van der Waals surface area contributed by atoms with Crippen molar-refractivity contribution in [1.82, 2.24) is 4.57 Å². The van der Waals surface area contributed by atoms with Crippen molar-refractivity contribution in [2.45, 2.75) is 39.7 Å². The van der Waals surface area contributed by atoms with Crippen LogP contribution in [0, 0.1) is 17.0 Å². The molecule has 3 aromatic rings. The Kier molecular flexibility index (Phi) is 5.52. The monoisotopic (exact) mass is 348 g/mol. The normalized spacial score (nSPS) is 10.8.